The lowest BCUT2D eigenvalue weighted by Crippen LogP contribution is -2.05. The van der Waals surface area contributed by atoms with E-state index in [1.807, 2.05) is 12.1 Å². The van der Waals surface area contributed by atoms with Gasteiger partial charge in [0.15, 0.2) is 17.3 Å². The Hall–Kier alpha value is -2.20. The van der Waals surface area contributed by atoms with Crippen LogP contribution >= 0.6 is 0 Å². The first-order chi connectivity index (χ1) is 9.63. The predicted octanol–water partition coefficient (Wildman–Crippen LogP) is 2.72. The van der Waals surface area contributed by atoms with E-state index in [-0.39, 0.29) is 18.0 Å². The minimum Gasteiger partial charge on any atom is -0.494 e. The molecule has 104 valence electrons. The Morgan fingerprint density at radius 2 is 1.80 bits per heavy atom. The molecule has 0 spiro atoms. The van der Waals surface area contributed by atoms with E-state index in [0.717, 1.165) is 5.56 Å². The van der Waals surface area contributed by atoms with Crippen molar-refractivity contribution in [1.82, 2.24) is 0 Å². The molecule has 2 rings (SSSR count). The van der Waals surface area contributed by atoms with Crippen molar-refractivity contribution in [2.75, 3.05) is 7.11 Å². The summed E-state index contributed by atoms with van der Waals surface area (Å²) in [5, 5.41) is 0. The fourth-order valence-corrected chi connectivity index (χ4v) is 1.93. The minimum absolute atomic E-state index is 0.0573. The zero-order valence-corrected chi connectivity index (χ0v) is 11.2. The maximum absolute atomic E-state index is 13.6. The standard InChI is InChI=1S/C16H16FNO2/c1-20-16-7-4-12(8-14(16)17)9-15(19)13-5-2-11(10-18)3-6-13/h2-8H,9-10,18H2,1H3. The Kier molecular flexibility index (Phi) is 4.48. The van der Waals surface area contributed by atoms with Gasteiger partial charge in [-0.2, -0.15) is 0 Å². The lowest BCUT2D eigenvalue weighted by molar-refractivity contribution is 0.0993. The maximum Gasteiger partial charge on any atom is 0.167 e. The molecule has 2 N–H and O–H groups in total. The second-order valence-electron chi connectivity index (χ2n) is 4.47. The molecule has 0 aliphatic rings. The zero-order chi connectivity index (χ0) is 14.5. The van der Waals surface area contributed by atoms with E-state index in [2.05, 4.69) is 0 Å². The molecular weight excluding hydrogens is 257 g/mol. The van der Waals surface area contributed by atoms with Gasteiger partial charge in [-0.05, 0) is 23.3 Å². The molecule has 0 atom stereocenters. The first kappa shape index (κ1) is 14.2. The van der Waals surface area contributed by atoms with Gasteiger partial charge in [0.05, 0.1) is 7.11 Å². The lowest BCUT2D eigenvalue weighted by Gasteiger charge is -2.05. The molecule has 0 fully saturated rings. The fourth-order valence-electron chi connectivity index (χ4n) is 1.93. The maximum atomic E-state index is 13.6. The summed E-state index contributed by atoms with van der Waals surface area (Å²) in [7, 11) is 1.40. The zero-order valence-electron chi connectivity index (χ0n) is 11.2. The first-order valence-corrected chi connectivity index (χ1v) is 6.28. The van der Waals surface area contributed by atoms with Crippen LogP contribution in [0.1, 0.15) is 21.5 Å². The van der Waals surface area contributed by atoms with E-state index < -0.39 is 5.82 Å². The number of hydrogen-bond acceptors (Lipinski definition) is 3. The van der Waals surface area contributed by atoms with E-state index in [1.54, 1.807) is 18.2 Å². The molecule has 0 unspecified atom stereocenters. The number of methoxy groups -OCH3 is 1. The topological polar surface area (TPSA) is 52.3 Å². The van der Waals surface area contributed by atoms with Gasteiger partial charge in [0.2, 0.25) is 0 Å². The fraction of sp³-hybridized carbons (Fsp3) is 0.188. The molecule has 2 aromatic rings. The highest BCUT2D eigenvalue weighted by Crippen LogP contribution is 2.19. The molecule has 0 bridgehead atoms. The monoisotopic (exact) mass is 273 g/mol. The van der Waals surface area contributed by atoms with E-state index >= 15 is 0 Å². The Labute approximate surface area is 117 Å². The van der Waals surface area contributed by atoms with Gasteiger partial charge < -0.3 is 10.5 Å². The second-order valence-corrected chi connectivity index (χ2v) is 4.47. The SMILES string of the molecule is COc1ccc(CC(=O)c2ccc(CN)cc2)cc1F. The Balaban J connectivity index is 2.12. The van der Waals surface area contributed by atoms with Crippen molar-refractivity contribution in [3.05, 3.63) is 65.0 Å². The molecule has 0 aliphatic heterocycles. The number of rotatable bonds is 5. The van der Waals surface area contributed by atoms with Gasteiger partial charge in [0.25, 0.3) is 0 Å². The van der Waals surface area contributed by atoms with Crippen LogP contribution < -0.4 is 10.5 Å². The number of carbonyl (C=O) groups excluding carboxylic acids is 1. The summed E-state index contributed by atoms with van der Waals surface area (Å²) in [5.74, 6) is -0.345. The number of ketones is 1. The number of ether oxygens (including phenoxy) is 1. The average molecular weight is 273 g/mol. The molecule has 0 radical (unpaired) electrons. The molecule has 2 aromatic carbocycles. The smallest absolute Gasteiger partial charge is 0.167 e. The van der Waals surface area contributed by atoms with Crippen molar-refractivity contribution in [3.8, 4) is 5.75 Å². The summed E-state index contributed by atoms with van der Waals surface area (Å²) in [4.78, 5) is 12.1. The Morgan fingerprint density at radius 1 is 1.15 bits per heavy atom. The quantitative estimate of drug-likeness (QED) is 0.852. The summed E-state index contributed by atoms with van der Waals surface area (Å²) in [5.41, 5.74) is 7.69. The van der Waals surface area contributed by atoms with Crippen LogP contribution in [0.2, 0.25) is 0 Å². The highest BCUT2D eigenvalue weighted by Gasteiger charge is 2.09. The van der Waals surface area contributed by atoms with Crippen LogP contribution in [0.25, 0.3) is 0 Å². The van der Waals surface area contributed by atoms with Crippen molar-refractivity contribution < 1.29 is 13.9 Å². The molecule has 0 aliphatic carbocycles. The van der Waals surface area contributed by atoms with Crippen LogP contribution in [0.4, 0.5) is 4.39 Å². The number of Topliss-reactive ketones (excluding diaryl/α,β-unsaturated/α-hetero) is 1. The molecule has 0 aromatic heterocycles. The summed E-state index contributed by atoms with van der Waals surface area (Å²) in [6.45, 7) is 0.443. The first-order valence-electron chi connectivity index (χ1n) is 6.28. The van der Waals surface area contributed by atoms with E-state index in [1.165, 1.54) is 19.2 Å². The number of hydrogen-bond donors (Lipinski definition) is 1. The van der Waals surface area contributed by atoms with Gasteiger partial charge in [-0.1, -0.05) is 30.3 Å². The summed E-state index contributed by atoms with van der Waals surface area (Å²) in [6, 6.07) is 11.7. The molecule has 0 saturated carbocycles. The Bertz CT molecular complexity index is 608. The van der Waals surface area contributed by atoms with Crippen molar-refractivity contribution >= 4 is 5.78 Å². The summed E-state index contributed by atoms with van der Waals surface area (Å²) < 4.78 is 18.4. The number of nitrogens with two attached hydrogens (primary N) is 1. The van der Waals surface area contributed by atoms with Gasteiger partial charge in [0, 0.05) is 18.5 Å². The molecule has 20 heavy (non-hydrogen) atoms. The molecule has 4 heteroatoms. The van der Waals surface area contributed by atoms with Gasteiger partial charge >= 0.3 is 0 Å². The third-order valence-electron chi connectivity index (χ3n) is 3.09. The van der Waals surface area contributed by atoms with Crippen molar-refractivity contribution in [3.63, 3.8) is 0 Å². The average Bonchev–Trinajstić information content (AvgIpc) is 2.47. The predicted molar refractivity (Wildman–Crippen MR) is 75.3 cm³/mol. The normalized spacial score (nSPS) is 10.3. The van der Waals surface area contributed by atoms with Crippen molar-refractivity contribution in [2.24, 2.45) is 5.73 Å². The second kappa shape index (κ2) is 6.30. The Morgan fingerprint density at radius 3 is 2.35 bits per heavy atom. The molecule has 0 amide bonds. The molecular formula is C16H16FNO2. The lowest BCUT2D eigenvalue weighted by atomic mass is 10.0. The van der Waals surface area contributed by atoms with Gasteiger partial charge in [-0.3, -0.25) is 4.79 Å². The van der Waals surface area contributed by atoms with Gasteiger partial charge in [0.1, 0.15) is 0 Å². The van der Waals surface area contributed by atoms with Crippen LogP contribution in [-0.4, -0.2) is 12.9 Å². The van der Waals surface area contributed by atoms with Crippen LogP contribution in [0.15, 0.2) is 42.5 Å². The molecule has 3 nitrogen and oxygen atoms in total. The van der Waals surface area contributed by atoms with Crippen LogP contribution in [-0.2, 0) is 13.0 Å². The number of benzene rings is 2. The van der Waals surface area contributed by atoms with Crippen LogP contribution in [0.3, 0.4) is 0 Å². The van der Waals surface area contributed by atoms with Crippen molar-refractivity contribution in [2.45, 2.75) is 13.0 Å². The number of halogens is 1. The largest absolute Gasteiger partial charge is 0.494 e. The van der Waals surface area contributed by atoms with Crippen molar-refractivity contribution in [1.29, 1.82) is 0 Å². The third kappa shape index (κ3) is 3.22. The van der Waals surface area contributed by atoms with Gasteiger partial charge in [-0.25, -0.2) is 4.39 Å². The number of carbonyl (C=O) groups is 1. The van der Waals surface area contributed by atoms with E-state index in [9.17, 15) is 9.18 Å². The van der Waals surface area contributed by atoms with Gasteiger partial charge in [-0.15, -0.1) is 0 Å². The van der Waals surface area contributed by atoms with E-state index in [0.29, 0.717) is 17.7 Å². The van der Waals surface area contributed by atoms with E-state index in [4.69, 9.17) is 10.5 Å². The summed E-state index contributed by atoms with van der Waals surface area (Å²) in [6.07, 6.45) is 0.156. The third-order valence-corrected chi connectivity index (χ3v) is 3.09. The highest BCUT2D eigenvalue weighted by molar-refractivity contribution is 5.97. The van der Waals surface area contributed by atoms with Crippen LogP contribution in [0, 0.1) is 5.82 Å². The molecule has 0 saturated heterocycles. The highest BCUT2D eigenvalue weighted by atomic mass is 19.1. The molecule has 0 heterocycles. The minimum atomic E-state index is -0.462. The summed E-state index contributed by atoms with van der Waals surface area (Å²) >= 11 is 0. The van der Waals surface area contributed by atoms with Crippen LogP contribution in [0.5, 0.6) is 5.75 Å².